The van der Waals surface area contributed by atoms with Gasteiger partial charge in [0, 0.05) is 30.1 Å². The summed E-state index contributed by atoms with van der Waals surface area (Å²) >= 11 is 0. The molecule has 0 aliphatic rings. The van der Waals surface area contributed by atoms with Crippen LogP contribution in [-0.2, 0) is 22.1 Å². The molecular weight excluding hydrogens is 257 g/mol. The smallest absolute Gasteiger partial charge is 0.235 e. The number of aliphatic hydroxyl groups excluding tert-OH is 1. The first kappa shape index (κ1) is 14.8. The number of hydrogen-bond donors (Lipinski definition) is 1. The Morgan fingerprint density at radius 3 is 2.56 bits per heavy atom. The van der Waals surface area contributed by atoms with Crippen LogP contribution in [-0.4, -0.2) is 45.3 Å². The summed E-state index contributed by atoms with van der Waals surface area (Å²) in [7, 11) is 0.265. The third-order valence-electron chi connectivity index (χ3n) is 2.36. The molecule has 0 saturated carbocycles. The van der Waals surface area contributed by atoms with Gasteiger partial charge in [-0.05, 0) is 17.7 Å². The summed E-state index contributed by atoms with van der Waals surface area (Å²) in [5.41, 5.74) is 0.806. The maximum Gasteiger partial charge on any atom is 0.235 e. The second kappa shape index (κ2) is 7.23. The summed E-state index contributed by atoms with van der Waals surface area (Å²) < 4.78 is 24.0. The van der Waals surface area contributed by atoms with Gasteiger partial charge in [0.2, 0.25) is 5.91 Å². The number of hydrogen-bond acceptors (Lipinski definition) is 3. The molecule has 1 rings (SSSR count). The Morgan fingerprint density at radius 2 is 2.00 bits per heavy atom. The van der Waals surface area contributed by atoms with Gasteiger partial charge in [0.25, 0.3) is 0 Å². The molecule has 1 amide bonds. The lowest BCUT2D eigenvalue weighted by atomic mass is 10.2. The second-order valence-corrected chi connectivity index (χ2v) is 5.46. The maximum absolute atomic E-state index is 12.7. The highest BCUT2D eigenvalue weighted by molar-refractivity contribution is 7.85. The van der Waals surface area contributed by atoms with Crippen molar-refractivity contribution < 1.29 is 18.5 Å². The quantitative estimate of drug-likeness (QED) is 0.822. The molecule has 0 aliphatic carbocycles. The molecule has 6 heteroatoms. The predicted molar refractivity (Wildman–Crippen MR) is 67.8 cm³/mol. The SMILES string of the molecule is CN(Cc1ccc(F)cc1)C(=O)CS(=O)CCO. The molecule has 0 spiro atoms. The molecule has 0 saturated heterocycles. The van der Waals surface area contributed by atoms with Crippen LogP contribution in [0, 0.1) is 5.82 Å². The van der Waals surface area contributed by atoms with Crippen molar-refractivity contribution in [3.63, 3.8) is 0 Å². The number of carbonyl (C=O) groups excluding carboxylic acids is 1. The summed E-state index contributed by atoms with van der Waals surface area (Å²) in [6.45, 7) is 0.150. The molecule has 100 valence electrons. The Morgan fingerprint density at radius 1 is 1.39 bits per heavy atom. The first-order chi connectivity index (χ1) is 8.52. The molecule has 0 heterocycles. The molecule has 4 nitrogen and oxygen atoms in total. The Labute approximate surface area is 108 Å². The summed E-state index contributed by atoms with van der Waals surface area (Å²) in [4.78, 5) is 13.1. The highest BCUT2D eigenvalue weighted by atomic mass is 32.2. The van der Waals surface area contributed by atoms with Gasteiger partial charge in [-0.15, -0.1) is 0 Å². The minimum atomic E-state index is -1.33. The number of benzene rings is 1. The highest BCUT2D eigenvalue weighted by Crippen LogP contribution is 2.06. The standard InChI is InChI=1S/C12H16FNO3S/c1-14(12(16)9-18(17)7-6-15)8-10-2-4-11(13)5-3-10/h2-5,15H,6-9H2,1H3. The largest absolute Gasteiger partial charge is 0.395 e. The van der Waals surface area contributed by atoms with E-state index in [1.54, 1.807) is 19.2 Å². The molecular formula is C12H16FNO3S. The predicted octanol–water partition coefficient (Wildman–Crippen LogP) is 0.525. The first-order valence-electron chi connectivity index (χ1n) is 5.47. The minimum absolute atomic E-state index is 0.0990. The average molecular weight is 273 g/mol. The van der Waals surface area contributed by atoms with Gasteiger partial charge in [0.15, 0.2) is 0 Å². The molecule has 0 aliphatic heterocycles. The van der Waals surface area contributed by atoms with Crippen molar-refractivity contribution in [1.29, 1.82) is 0 Å². The van der Waals surface area contributed by atoms with Crippen LogP contribution in [0.15, 0.2) is 24.3 Å². The van der Waals surface area contributed by atoms with Crippen molar-refractivity contribution in [2.45, 2.75) is 6.54 Å². The zero-order chi connectivity index (χ0) is 13.5. The van der Waals surface area contributed by atoms with E-state index in [-0.39, 0.29) is 29.8 Å². The van der Waals surface area contributed by atoms with Gasteiger partial charge in [-0.1, -0.05) is 12.1 Å². The van der Waals surface area contributed by atoms with Crippen LogP contribution in [0.2, 0.25) is 0 Å². The Balaban J connectivity index is 2.49. The molecule has 1 atom stereocenters. The van der Waals surface area contributed by atoms with Crippen LogP contribution in [0.3, 0.4) is 0 Å². The summed E-state index contributed by atoms with van der Waals surface area (Å²) in [5, 5.41) is 8.60. The number of halogens is 1. The second-order valence-electron chi connectivity index (χ2n) is 3.89. The number of rotatable bonds is 6. The Hall–Kier alpha value is -1.27. The van der Waals surface area contributed by atoms with Crippen molar-refractivity contribution in [2.24, 2.45) is 0 Å². The first-order valence-corrected chi connectivity index (χ1v) is 6.96. The monoisotopic (exact) mass is 273 g/mol. The van der Waals surface area contributed by atoms with Crippen LogP contribution in [0.5, 0.6) is 0 Å². The summed E-state index contributed by atoms with van der Waals surface area (Å²) in [5.74, 6) is -0.572. The number of amides is 1. The van der Waals surface area contributed by atoms with Crippen molar-refractivity contribution in [1.82, 2.24) is 4.90 Å². The van der Waals surface area contributed by atoms with Crippen molar-refractivity contribution in [2.75, 3.05) is 25.2 Å². The molecule has 1 unspecified atom stereocenters. The zero-order valence-electron chi connectivity index (χ0n) is 10.1. The van der Waals surface area contributed by atoms with Crippen LogP contribution in [0.1, 0.15) is 5.56 Å². The third kappa shape index (κ3) is 4.93. The Kier molecular flexibility index (Phi) is 5.94. The number of aliphatic hydroxyl groups is 1. The van der Waals surface area contributed by atoms with Crippen molar-refractivity contribution in [3.8, 4) is 0 Å². The molecule has 1 aromatic carbocycles. The third-order valence-corrected chi connectivity index (χ3v) is 3.57. The topological polar surface area (TPSA) is 57.6 Å². The van der Waals surface area contributed by atoms with E-state index in [0.29, 0.717) is 6.54 Å². The van der Waals surface area contributed by atoms with Crippen LogP contribution in [0.4, 0.5) is 4.39 Å². The Bertz CT molecular complexity index is 422. The van der Waals surface area contributed by atoms with Crippen molar-refractivity contribution in [3.05, 3.63) is 35.6 Å². The van der Waals surface area contributed by atoms with Crippen molar-refractivity contribution >= 4 is 16.7 Å². The summed E-state index contributed by atoms with van der Waals surface area (Å²) in [6.07, 6.45) is 0. The van der Waals surface area contributed by atoms with E-state index < -0.39 is 10.8 Å². The van der Waals surface area contributed by atoms with E-state index in [1.807, 2.05) is 0 Å². The number of carbonyl (C=O) groups is 1. The minimum Gasteiger partial charge on any atom is -0.395 e. The molecule has 1 N–H and O–H groups in total. The van der Waals surface area contributed by atoms with Gasteiger partial charge in [0.1, 0.15) is 11.6 Å². The van der Waals surface area contributed by atoms with E-state index in [0.717, 1.165) is 5.56 Å². The van der Waals surface area contributed by atoms with Gasteiger partial charge in [-0.25, -0.2) is 4.39 Å². The fourth-order valence-corrected chi connectivity index (χ4v) is 2.22. The van der Waals surface area contributed by atoms with Crippen LogP contribution in [0.25, 0.3) is 0 Å². The normalized spacial score (nSPS) is 12.2. The average Bonchev–Trinajstić information content (AvgIpc) is 2.32. The molecule has 18 heavy (non-hydrogen) atoms. The maximum atomic E-state index is 12.7. The lowest BCUT2D eigenvalue weighted by Gasteiger charge is -2.17. The van der Waals surface area contributed by atoms with Gasteiger partial charge in [-0.3, -0.25) is 9.00 Å². The fraction of sp³-hybridized carbons (Fsp3) is 0.417. The molecule has 0 aromatic heterocycles. The molecule has 0 fully saturated rings. The van der Waals surface area contributed by atoms with E-state index in [2.05, 4.69) is 0 Å². The summed E-state index contributed by atoms with van der Waals surface area (Å²) in [6, 6.07) is 5.86. The number of nitrogens with zero attached hydrogens (tertiary/aromatic N) is 1. The molecule has 0 radical (unpaired) electrons. The fourth-order valence-electron chi connectivity index (χ4n) is 1.37. The van der Waals surface area contributed by atoms with Gasteiger partial charge in [-0.2, -0.15) is 0 Å². The van der Waals surface area contributed by atoms with E-state index in [4.69, 9.17) is 5.11 Å². The lowest BCUT2D eigenvalue weighted by Crippen LogP contribution is -2.31. The zero-order valence-corrected chi connectivity index (χ0v) is 11.0. The van der Waals surface area contributed by atoms with E-state index in [9.17, 15) is 13.4 Å². The molecule has 1 aromatic rings. The van der Waals surface area contributed by atoms with E-state index in [1.165, 1.54) is 17.0 Å². The lowest BCUT2D eigenvalue weighted by molar-refractivity contribution is -0.127. The van der Waals surface area contributed by atoms with Crippen LogP contribution < -0.4 is 0 Å². The van der Waals surface area contributed by atoms with E-state index >= 15 is 0 Å². The molecule has 0 bridgehead atoms. The van der Waals surface area contributed by atoms with Crippen LogP contribution >= 0.6 is 0 Å². The van der Waals surface area contributed by atoms with Gasteiger partial charge < -0.3 is 10.0 Å². The van der Waals surface area contributed by atoms with Gasteiger partial charge in [0.05, 0.1) is 6.61 Å². The van der Waals surface area contributed by atoms with Gasteiger partial charge >= 0.3 is 0 Å². The highest BCUT2D eigenvalue weighted by Gasteiger charge is 2.12.